The van der Waals surface area contributed by atoms with Gasteiger partial charge in [0.1, 0.15) is 0 Å². The highest BCUT2D eigenvalue weighted by atomic mass is 35.5. The van der Waals surface area contributed by atoms with E-state index in [1.165, 1.54) is 12.1 Å². The first-order valence-electron chi connectivity index (χ1n) is 6.65. The number of nitrogens with one attached hydrogen (secondary N) is 1. The number of amides is 1. The lowest BCUT2D eigenvalue weighted by atomic mass is 10.1. The molecule has 22 heavy (non-hydrogen) atoms. The van der Waals surface area contributed by atoms with Crippen LogP contribution in [-0.2, 0) is 4.74 Å². The second kappa shape index (κ2) is 6.95. The van der Waals surface area contributed by atoms with Crippen molar-refractivity contribution in [3.63, 3.8) is 0 Å². The summed E-state index contributed by atoms with van der Waals surface area (Å²) in [7, 11) is 0. The summed E-state index contributed by atoms with van der Waals surface area (Å²) < 4.78 is 4.96. The molecule has 2 rings (SSSR count). The molecule has 0 aliphatic rings. The molecule has 2 aromatic carbocycles. The number of ether oxygens (including phenoxy) is 1. The Morgan fingerprint density at radius 3 is 2.59 bits per heavy atom. The summed E-state index contributed by atoms with van der Waals surface area (Å²) in [6.07, 6.45) is 0. The van der Waals surface area contributed by atoms with E-state index < -0.39 is 11.9 Å². The number of carbonyl (C=O) groups excluding carboxylic acids is 2. The largest absolute Gasteiger partial charge is 0.462 e. The van der Waals surface area contributed by atoms with E-state index in [2.05, 4.69) is 5.32 Å². The Balaban J connectivity index is 2.27. The Kier molecular flexibility index (Phi) is 5.01. The maximum atomic E-state index is 12.3. The monoisotopic (exact) mass is 318 g/mol. The average molecular weight is 319 g/mol. The Morgan fingerprint density at radius 2 is 1.91 bits per heavy atom. The Hall–Kier alpha value is -2.53. The van der Waals surface area contributed by atoms with Gasteiger partial charge in [-0.1, -0.05) is 23.7 Å². The number of hydrogen-bond donors (Lipinski definition) is 2. The van der Waals surface area contributed by atoms with Crippen molar-refractivity contribution in [2.24, 2.45) is 0 Å². The van der Waals surface area contributed by atoms with Crippen LogP contribution in [0.15, 0.2) is 42.5 Å². The third-order valence-corrected chi connectivity index (χ3v) is 3.22. The number of para-hydroxylation sites is 1. The van der Waals surface area contributed by atoms with Crippen LogP contribution in [0.4, 0.5) is 11.4 Å². The standard InChI is InChI=1S/C16H15ClN2O3/c1-2-22-16(21)12-5-3-4-6-14(12)19-15(20)11-8-7-10(18)9-13(11)17/h3-9H,2,18H2,1H3,(H,19,20). The highest BCUT2D eigenvalue weighted by Gasteiger charge is 2.16. The number of nitrogens with two attached hydrogens (primary N) is 1. The molecule has 0 radical (unpaired) electrons. The summed E-state index contributed by atoms with van der Waals surface area (Å²) in [4.78, 5) is 24.2. The zero-order chi connectivity index (χ0) is 16.1. The summed E-state index contributed by atoms with van der Waals surface area (Å²) in [5.41, 5.74) is 6.98. The fraction of sp³-hybridized carbons (Fsp3) is 0.125. The molecule has 6 heteroatoms. The van der Waals surface area contributed by atoms with Crippen molar-refractivity contribution >= 4 is 34.9 Å². The molecular formula is C16H15ClN2O3. The summed E-state index contributed by atoms with van der Waals surface area (Å²) in [5, 5.41) is 2.90. The number of nitrogen functional groups attached to an aromatic ring is 1. The van der Waals surface area contributed by atoms with Gasteiger partial charge >= 0.3 is 5.97 Å². The van der Waals surface area contributed by atoms with Crippen molar-refractivity contribution in [2.75, 3.05) is 17.7 Å². The van der Waals surface area contributed by atoms with Crippen molar-refractivity contribution in [1.82, 2.24) is 0 Å². The van der Waals surface area contributed by atoms with Gasteiger partial charge in [0.2, 0.25) is 0 Å². The topological polar surface area (TPSA) is 81.4 Å². The number of benzene rings is 2. The molecule has 0 aliphatic heterocycles. The van der Waals surface area contributed by atoms with Crippen LogP contribution in [0.2, 0.25) is 5.02 Å². The van der Waals surface area contributed by atoms with E-state index in [1.807, 2.05) is 0 Å². The van der Waals surface area contributed by atoms with E-state index in [1.54, 1.807) is 37.3 Å². The first-order chi connectivity index (χ1) is 10.5. The SMILES string of the molecule is CCOC(=O)c1ccccc1NC(=O)c1ccc(N)cc1Cl. The van der Waals surface area contributed by atoms with Gasteiger partial charge in [0.25, 0.3) is 5.91 Å². The van der Waals surface area contributed by atoms with E-state index in [4.69, 9.17) is 22.1 Å². The lowest BCUT2D eigenvalue weighted by molar-refractivity contribution is 0.0527. The van der Waals surface area contributed by atoms with E-state index in [0.29, 0.717) is 11.4 Å². The van der Waals surface area contributed by atoms with Crippen molar-refractivity contribution in [2.45, 2.75) is 6.92 Å². The highest BCUT2D eigenvalue weighted by molar-refractivity contribution is 6.34. The Labute approximate surface area is 133 Å². The molecule has 0 aromatic heterocycles. The summed E-state index contributed by atoms with van der Waals surface area (Å²) >= 11 is 6.01. The Morgan fingerprint density at radius 1 is 1.18 bits per heavy atom. The van der Waals surface area contributed by atoms with Gasteiger partial charge in [-0.3, -0.25) is 4.79 Å². The second-order valence-electron chi connectivity index (χ2n) is 4.46. The van der Waals surface area contributed by atoms with E-state index in [-0.39, 0.29) is 22.8 Å². The maximum Gasteiger partial charge on any atom is 0.340 e. The maximum absolute atomic E-state index is 12.3. The summed E-state index contributed by atoms with van der Waals surface area (Å²) in [6, 6.07) is 11.2. The molecule has 0 saturated heterocycles. The normalized spacial score (nSPS) is 10.1. The lowest BCUT2D eigenvalue weighted by Crippen LogP contribution is -2.16. The van der Waals surface area contributed by atoms with Crippen LogP contribution in [0.1, 0.15) is 27.6 Å². The van der Waals surface area contributed by atoms with Crippen molar-refractivity contribution in [3.05, 3.63) is 58.6 Å². The van der Waals surface area contributed by atoms with Gasteiger partial charge < -0.3 is 15.8 Å². The molecule has 0 fully saturated rings. The van der Waals surface area contributed by atoms with Crippen LogP contribution in [0.5, 0.6) is 0 Å². The molecule has 0 spiro atoms. The molecule has 114 valence electrons. The first-order valence-corrected chi connectivity index (χ1v) is 7.03. The number of esters is 1. The van der Waals surface area contributed by atoms with Gasteiger partial charge in [-0.05, 0) is 37.3 Å². The van der Waals surface area contributed by atoms with E-state index in [9.17, 15) is 9.59 Å². The number of rotatable bonds is 4. The fourth-order valence-corrected chi connectivity index (χ4v) is 2.16. The molecular weight excluding hydrogens is 304 g/mol. The third kappa shape index (κ3) is 3.56. The summed E-state index contributed by atoms with van der Waals surface area (Å²) in [6.45, 7) is 1.97. The lowest BCUT2D eigenvalue weighted by Gasteiger charge is -2.11. The van der Waals surface area contributed by atoms with Gasteiger partial charge in [0.15, 0.2) is 0 Å². The predicted molar refractivity (Wildman–Crippen MR) is 86.2 cm³/mol. The second-order valence-corrected chi connectivity index (χ2v) is 4.87. The molecule has 0 aliphatic carbocycles. The zero-order valence-corrected chi connectivity index (χ0v) is 12.7. The predicted octanol–water partition coefficient (Wildman–Crippen LogP) is 3.35. The molecule has 0 unspecified atom stereocenters. The minimum Gasteiger partial charge on any atom is -0.462 e. The van der Waals surface area contributed by atoms with Crippen molar-refractivity contribution in [1.29, 1.82) is 0 Å². The van der Waals surface area contributed by atoms with Crippen LogP contribution in [-0.4, -0.2) is 18.5 Å². The average Bonchev–Trinajstić information content (AvgIpc) is 2.47. The van der Waals surface area contributed by atoms with Crippen molar-refractivity contribution < 1.29 is 14.3 Å². The first kappa shape index (κ1) is 15.9. The quantitative estimate of drug-likeness (QED) is 0.669. The molecule has 0 atom stereocenters. The highest BCUT2D eigenvalue weighted by Crippen LogP contribution is 2.22. The van der Waals surface area contributed by atoms with Crippen LogP contribution in [0.25, 0.3) is 0 Å². The molecule has 0 heterocycles. The minimum atomic E-state index is -0.498. The smallest absolute Gasteiger partial charge is 0.340 e. The van der Waals surface area contributed by atoms with Crippen LogP contribution >= 0.6 is 11.6 Å². The fourth-order valence-electron chi connectivity index (χ4n) is 1.88. The van der Waals surface area contributed by atoms with E-state index >= 15 is 0 Å². The molecule has 1 amide bonds. The Bertz CT molecular complexity index is 716. The third-order valence-electron chi connectivity index (χ3n) is 2.91. The molecule has 3 N–H and O–H groups in total. The van der Waals surface area contributed by atoms with E-state index in [0.717, 1.165) is 0 Å². The van der Waals surface area contributed by atoms with Crippen molar-refractivity contribution in [3.8, 4) is 0 Å². The number of hydrogen-bond acceptors (Lipinski definition) is 4. The number of carbonyl (C=O) groups is 2. The van der Waals surface area contributed by atoms with Crippen LogP contribution in [0.3, 0.4) is 0 Å². The van der Waals surface area contributed by atoms with Gasteiger partial charge in [-0.25, -0.2) is 4.79 Å². The summed E-state index contributed by atoms with van der Waals surface area (Å²) in [5.74, 6) is -0.927. The van der Waals surface area contributed by atoms with Gasteiger partial charge in [-0.2, -0.15) is 0 Å². The molecule has 0 saturated carbocycles. The minimum absolute atomic E-state index is 0.242. The van der Waals surface area contributed by atoms with Crippen LogP contribution in [0, 0.1) is 0 Å². The van der Waals surface area contributed by atoms with Gasteiger partial charge in [0, 0.05) is 5.69 Å². The van der Waals surface area contributed by atoms with Gasteiger partial charge in [0.05, 0.1) is 28.4 Å². The molecule has 0 bridgehead atoms. The zero-order valence-electron chi connectivity index (χ0n) is 11.9. The van der Waals surface area contributed by atoms with Gasteiger partial charge in [-0.15, -0.1) is 0 Å². The number of halogens is 1. The molecule has 2 aromatic rings. The van der Waals surface area contributed by atoms with Crippen LogP contribution < -0.4 is 11.1 Å². The number of anilines is 2. The molecule has 5 nitrogen and oxygen atoms in total.